The molecule has 0 radical (unpaired) electrons. The highest BCUT2D eigenvalue weighted by atomic mass is 16.5. The Balaban J connectivity index is 2.37. The normalized spacial score (nSPS) is 10.2. The van der Waals surface area contributed by atoms with E-state index in [4.69, 9.17) is 19.6 Å². The molecule has 0 aliphatic rings. The Morgan fingerprint density at radius 2 is 2.12 bits per heavy atom. The summed E-state index contributed by atoms with van der Waals surface area (Å²) in [6, 6.07) is 5.39. The van der Waals surface area contributed by atoms with Crippen molar-refractivity contribution in [2.75, 3.05) is 19.5 Å². The van der Waals surface area contributed by atoms with Crippen LogP contribution in [-0.2, 0) is 0 Å². The quantitative estimate of drug-likeness (QED) is 0.868. The largest absolute Gasteiger partial charge is 0.493 e. The summed E-state index contributed by atoms with van der Waals surface area (Å²) in [5.74, 6) is 1.64. The van der Waals surface area contributed by atoms with Crippen LogP contribution >= 0.6 is 0 Å². The first kappa shape index (κ1) is 11.3. The SMILES string of the molecule is CCOc1ccc(-c2nnc(N)o2)cc1OC. The van der Waals surface area contributed by atoms with Gasteiger partial charge in [-0.3, -0.25) is 0 Å². The van der Waals surface area contributed by atoms with Gasteiger partial charge < -0.3 is 19.6 Å². The smallest absolute Gasteiger partial charge is 0.313 e. The summed E-state index contributed by atoms with van der Waals surface area (Å²) in [7, 11) is 1.57. The van der Waals surface area contributed by atoms with Crippen LogP contribution in [0, 0.1) is 0 Å². The first-order valence-electron chi connectivity index (χ1n) is 5.14. The molecule has 0 aliphatic carbocycles. The van der Waals surface area contributed by atoms with Crippen molar-refractivity contribution in [3.05, 3.63) is 18.2 Å². The van der Waals surface area contributed by atoms with Gasteiger partial charge in [0.05, 0.1) is 13.7 Å². The monoisotopic (exact) mass is 235 g/mol. The molecule has 0 saturated carbocycles. The second-order valence-corrected chi connectivity index (χ2v) is 3.24. The molecule has 17 heavy (non-hydrogen) atoms. The van der Waals surface area contributed by atoms with E-state index in [-0.39, 0.29) is 6.01 Å². The maximum atomic E-state index is 5.41. The van der Waals surface area contributed by atoms with Crippen LogP contribution in [0.4, 0.5) is 6.01 Å². The Kier molecular flexibility index (Phi) is 3.13. The van der Waals surface area contributed by atoms with Crippen LogP contribution < -0.4 is 15.2 Å². The van der Waals surface area contributed by atoms with E-state index in [0.29, 0.717) is 24.0 Å². The summed E-state index contributed by atoms with van der Waals surface area (Å²) in [5, 5.41) is 7.40. The zero-order valence-corrected chi connectivity index (χ0v) is 9.64. The van der Waals surface area contributed by atoms with Crippen molar-refractivity contribution in [2.45, 2.75) is 6.92 Å². The van der Waals surface area contributed by atoms with Gasteiger partial charge >= 0.3 is 6.01 Å². The van der Waals surface area contributed by atoms with Gasteiger partial charge in [0.2, 0.25) is 5.89 Å². The summed E-state index contributed by atoms with van der Waals surface area (Å²) in [5.41, 5.74) is 6.10. The molecule has 1 aromatic carbocycles. The minimum absolute atomic E-state index is 0.0350. The third-order valence-corrected chi connectivity index (χ3v) is 2.15. The molecule has 6 heteroatoms. The van der Waals surface area contributed by atoms with Gasteiger partial charge in [-0.25, -0.2) is 0 Å². The first-order chi connectivity index (χ1) is 8.24. The number of hydrogen-bond acceptors (Lipinski definition) is 6. The lowest BCUT2D eigenvalue weighted by Crippen LogP contribution is -1.95. The van der Waals surface area contributed by atoms with Crippen LogP contribution in [0.1, 0.15) is 6.92 Å². The minimum Gasteiger partial charge on any atom is -0.493 e. The summed E-state index contributed by atoms with van der Waals surface area (Å²) < 4.78 is 15.8. The van der Waals surface area contributed by atoms with Gasteiger partial charge in [0.1, 0.15) is 0 Å². The molecule has 0 saturated heterocycles. The van der Waals surface area contributed by atoms with E-state index in [1.807, 2.05) is 6.92 Å². The lowest BCUT2D eigenvalue weighted by molar-refractivity contribution is 0.311. The van der Waals surface area contributed by atoms with Gasteiger partial charge in [-0.15, -0.1) is 5.10 Å². The maximum absolute atomic E-state index is 5.41. The molecule has 0 unspecified atom stereocenters. The fourth-order valence-corrected chi connectivity index (χ4v) is 1.43. The van der Waals surface area contributed by atoms with E-state index in [1.54, 1.807) is 25.3 Å². The number of nitrogen functional groups attached to an aromatic ring is 1. The predicted octanol–water partition coefficient (Wildman–Crippen LogP) is 1.73. The zero-order chi connectivity index (χ0) is 12.3. The third-order valence-electron chi connectivity index (χ3n) is 2.15. The molecule has 0 amide bonds. The summed E-state index contributed by atoms with van der Waals surface area (Å²) in [6.07, 6.45) is 0. The van der Waals surface area contributed by atoms with Crippen molar-refractivity contribution in [3.63, 3.8) is 0 Å². The average Bonchev–Trinajstić information content (AvgIpc) is 2.77. The highest BCUT2D eigenvalue weighted by Crippen LogP contribution is 2.32. The minimum atomic E-state index is 0.0350. The first-order valence-corrected chi connectivity index (χ1v) is 5.14. The van der Waals surface area contributed by atoms with Crippen LogP contribution in [-0.4, -0.2) is 23.9 Å². The Labute approximate surface area is 98.4 Å². The predicted molar refractivity (Wildman–Crippen MR) is 61.9 cm³/mol. The standard InChI is InChI=1S/C11H13N3O3/c1-3-16-8-5-4-7(6-9(8)15-2)10-13-14-11(12)17-10/h4-6H,3H2,1-2H3,(H2,12,14). The van der Waals surface area contributed by atoms with Crippen LogP contribution in [0.15, 0.2) is 22.6 Å². The molecule has 2 rings (SSSR count). The molecule has 0 atom stereocenters. The van der Waals surface area contributed by atoms with Crippen LogP contribution in [0.3, 0.4) is 0 Å². The molecule has 2 aromatic rings. The number of rotatable bonds is 4. The van der Waals surface area contributed by atoms with Crippen LogP contribution in [0.2, 0.25) is 0 Å². The van der Waals surface area contributed by atoms with Gasteiger partial charge in [0, 0.05) is 5.56 Å². The van der Waals surface area contributed by atoms with Crippen LogP contribution in [0.5, 0.6) is 11.5 Å². The lowest BCUT2D eigenvalue weighted by Gasteiger charge is -2.09. The van der Waals surface area contributed by atoms with Gasteiger partial charge in [0.15, 0.2) is 11.5 Å². The fraction of sp³-hybridized carbons (Fsp3) is 0.273. The van der Waals surface area contributed by atoms with Gasteiger partial charge in [-0.2, -0.15) is 0 Å². The Hall–Kier alpha value is -2.24. The number of benzene rings is 1. The second-order valence-electron chi connectivity index (χ2n) is 3.24. The van der Waals surface area contributed by atoms with Crippen molar-refractivity contribution in [2.24, 2.45) is 0 Å². The van der Waals surface area contributed by atoms with Crippen molar-refractivity contribution < 1.29 is 13.9 Å². The Morgan fingerprint density at radius 1 is 1.29 bits per heavy atom. The number of ether oxygens (including phenoxy) is 2. The van der Waals surface area contributed by atoms with Gasteiger partial charge in [-0.05, 0) is 25.1 Å². The van der Waals surface area contributed by atoms with Gasteiger partial charge in [-0.1, -0.05) is 5.10 Å². The lowest BCUT2D eigenvalue weighted by atomic mass is 10.2. The number of aromatic nitrogens is 2. The second kappa shape index (κ2) is 4.73. The highest BCUT2D eigenvalue weighted by molar-refractivity contribution is 5.59. The number of nitrogens with zero attached hydrogens (tertiary/aromatic N) is 2. The van der Waals surface area contributed by atoms with E-state index in [1.165, 1.54) is 0 Å². The number of hydrogen-bond donors (Lipinski definition) is 1. The third kappa shape index (κ3) is 2.30. The van der Waals surface area contributed by atoms with E-state index in [0.717, 1.165) is 5.56 Å². The maximum Gasteiger partial charge on any atom is 0.313 e. The molecule has 0 aliphatic heterocycles. The van der Waals surface area contributed by atoms with Crippen molar-refractivity contribution in [1.82, 2.24) is 10.2 Å². The van der Waals surface area contributed by atoms with E-state index < -0.39 is 0 Å². The molecular formula is C11H13N3O3. The molecule has 1 aromatic heterocycles. The topological polar surface area (TPSA) is 83.4 Å². The average molecular weight is 235 g/mol. The summed E-state index contributed by atoms with van der Waals surface area (Å²) >= 11 is 0. The van der Waals surface area contributed by atoms with E-state index in [9.17, 15) is 0 Å². The number of anilines is 1. The number of methoxy groups -OCH3 is 1. The molecular weight excluding hydrogens is 222 g/mol. The van der Waals surface area contributed by atoms with E-state index >= 15 is 0 Å². The van der Waals surface area contributed by atoms with Crippen molar-refractivity contribution in [1.29, 1.82) is 0 Å². The van der Waals surface area contributed by atoms with E-state index in [2.05, 4.69) is 10.2 Å². The molecule has 1 heterocycles. The van der Waals surface area contributed by atoms with Crippen molar-refractivity contribution in [3.8, 4) is 23.0 Å². The molecule has 0 spiro atoms. The molecule has 0 bridgehead atoms. The zero-order valence-electron chi connectivity index (χ0n) is 9.64. The number of nitrogens with two attached hydrogens (primary N) is 1. The summed E-state index contributed by atoms with van der Waals surface area (Å²) in [6.45, 7) is 2.48. The Morgan fingerprint density at radius 3 is 2.71 bits per heavy atom. The van der Waals surface area contributed by atoms with Crippen molar-refractivity contribution >= 4 is 6.01 Å². The molecule has 90 valence electrons. The molecule has 0 fully saturated rings. The Bertz CT molecular complexity index is 510. The highest BCUT2D eigenvalue weighted by Gasteiger charge is 2.11. The summed E-state index contributed by atoms with van der Waals surface area (Å²) in [4.78, 5) is 0. The molecule has 6 nitrogen and oxygen atoms in total. The van der Waals surface area contributed by atoms with Gasteiger partial charge in [0.25, 0.3) is 0 Å². The molecule has 2 N–H and O–H groups in total. The van der Waals surface area contributed by atoms with Crippen LogP contribution in [0.25, 0.3) is 11.5 Å². The fourth-order valence-electron chi connectivity index (χ4n) is 1.43.